The number of nitrogens with zero attached hydrogens (tertiary/aromatic N) is 6. The minimum absolute atomic E-state index is 0. The van der Waals surface area contributed by atoms with Gasteiger partial charge < -0.3 is 14.4 Å². The average molecular weight is 485 g/mol. The summed E-state index contributed by atoms with van der Waals surface area (Å²) in [6, 6.07) is 16.9. The number of halogens is 1. The highest BCUT2D eigenvalue weighted by molar-refractivity contribution is 5.85. The van der Waals surface area contributed by atoms with Crippen LogP contribution >= 0.6 is 12.4 Å². The second-order valence-electron chi connectivity index (χ2n) is 8.79. The molecule has 1 aromatic heterocycles. The molecular formula is C25H33ClN6O2. The van der Waals surface area contributed by atoms with Gasteiger partial charge in [-0.3, -0.25) is 4.90 Å². The number of rotatable bonds is 7. The van der Waals surface area contributed by atoms with Crippen molar-refractivity contribution < 1.29 is 9.47 Å². The van der Waals surface area contributed by atoms with Crippen molar-refractivity contribution in [3.05, 3.63) is 59.9 Å². The van der Waals surface area contributed by atoms with E-state index in [0.29, 0.717) is 6.04 Å². The molecule has 2 aromatic carbocycles. The lowest BCUT2D eigenvalue weighted by Crippen LogP contribution is -2.48. The van der Waals surface area contributed by atoms with Gasteiger partial charge in [0, 0.05) is 37.4 Å². The number of para-hydroxylation sites is 1. The molecule has 1 unspecified atom stereocenters. The number of hydrogen-bond donors (Lipinski definition) is 0. The summed E-state index contributed by atoms with van der Waals surface area (Å²) in [4.78, 5) is 4.92. The largest absolute Gasteiger partial charge is 0.497 e. The van der Waals surface area contributed by atoms with Gasteiger partial charge in [0.1, 0.15) is 17.5 Å². The number of ether oxygens (including phenoxy) is 2. The van der Waals surface area contributed by atoms with Gasteiger partial charge in [-0.1, -0.05) is 31.0 Å². The molecule has 2 fully saturated rings. The van der Waals surface area contributed by atoms with Crippen LogP contribution in [0.1, 0.15) is 49.2 Å². The molecule has 5 rings (SSSR count). The molecule has 1 saturated carbocycles. The predicted molar refractivity (Wildman–Crippen MR) is 134 cm³/mol. The summed E-state index contributed by atoms with van der Waals surface area (Å²) in [5.41, 5.74) is 2.31. The fourth-order valence-corrected chi connectivity index (χ4v) is 5.22. The van der Waals surface area contributed by atoms with E-state index >= 15 is 0 Å². The quantitative estimate of drug-likeness (QED) is 0.499. The number of hydrogen-bond acceptors (Lipinski definition) is 7. The van der Waals surface area contributed by atoms with Crippen LogP contribution in [-0.2, 0) is 0 Å². The molecular weight excluding hydrogens is 452 g/mol. The molecule has 2 heterocycles. The first-order valence-electron chi connectivity index (χ1n) is 11.8. The molecule has 0 spiro atoms. The fourth-order valence-electron chi connectivity index (χ4n) is 5.22. The van der Waals surface area contributed by atoms with Crippen LogP contribution in [0.4, 0.5) is 5.69 Å². The van der Waals surface area contributed by atoms with Crippen LogP contribution in [0.3, 0.4) is 0 Å². The lowest BCUT2D eigenvalue weighted by molar-refractivity contribution is 0.194. The second kappa shape index (κ2) is 11.1. The van der Waals surface area contributed by atoms with Crippen molar-refractivity contribution in [2.24, 2.45) is 0 Å². The summed E-state index contributed by atoms with van der Waals surface area (Å²) < 4.78 is 13.4. The summed E-state index contributed by atoms with van der Waals surface area (Å²) in [5, 5.41) is 13.1. The maximum Gasteiger partial charge on any atom is 0.173 e. The molecule has 3 aromatic rings. The highest BCUT2D eigenvalue weighted by Gasteiger charge is 2.35. The van der Waals surface area contributed by atoms with E-state index in [9.17, 15) is 0 Å². The first-order chi connectivity index (χ1) is 16.3. The highest BCUT2D eigenvalue weighted by atomic mass is 35.5. The minimum Gasteiger partial charge on any atom is -0.497 e. The average Bonchev–Trinajstić information content (AvgIpc) is 3.57. The number of methoxy groups -OCH3 is 2. The van der Waals surface area contributed by atoms with E-state index in [1.807, 2.05) is 12.1 Å². The minimum atomic E-state index is -0.108. The van der Waals surface area contributed by atoms with Crippen molar-refractivity contribution in [3.63, 3.8) is 0 Å². The number of piperazine rings is 1. The van der Waals surface area contributed by atoms with Crippen LogP contribution in [0.2, 0.25) is 0 Å². The number of anilines is 1. The molecule has 1 aliphatic carbocycles. The summed E-state index contributed by atoms with van der Waals surface area (Å²) >= 11 is 0. The van der Waals surface area contributed by atoms with E-state index in [1.54, 1.807) is 14.2 Å². The van der Waals surface area contributed by atoms with Gasteiger partial charge in [-0.15, -0.1) is 17.5 Å². The zero-order valence-corrected chi connectivity index (χ0v) is 20.7. The predicted octanol–water partition coefficient (Wildman–Crippen LogP) is 4.14. The van der Waals surface area contributed by atoms with Gasteiger partial charge in [-0.25, -0.2) is 4.68 Å². The molecule has 0 bridgehead atoms. The lowest BCUT2D eigenvalue weighted by atomic mass is 10.0. The second-order valence-corrected chi connectivity index (χ2v) is 8.79. The first kappa shape index (κ1) is 24.3. The molecule has 0 N–H and O–H groups in total. The Hall–Kier alpha value is -2.84. The van der Waals surface area contributed by atoms with Crippen molar-refractivity contribution >= 4 is 18.1 Å². The molecule has 9 heteroatoms. The van der Waals surface area contributed by atoms with Crippen molar-refractivity contribution in [1.82, 2.24) is 25.1 Å². The summed E-state index contributed by atoms with van der Waals surface area (Å²) in [7, 11) is 3.41. The summed E-state index contributed by atoms with van der Waals surface area (Å²) in [5.74, 6) is 2.52. The van der Waals surface area contributed by atoms with E-state index in [1.165, 1.54) is 18.5 Å². The summed E-state index contributed by atoms with van der Waals surface area (Å²) in [6.45, 7) is 3.69. The highest BCUT2D eigenvalue weighted by Crippen LogP contribution is 2.39. The molecule has 8 nitrogen and oxygen atoms in total. The monoisotopic (exact) mass is 484 g/mol. The van der Waals surface area contributed by atoms with Crippen LogP contribution in [-0.4, -0.2) is 65.5 Å². The van der Waals surface area contributed by atoms with Gasteiger partial charge >= 0.3 is 0 Å². The van der Waals surface area contributed by atoms with Crippen LogP contribution in [0.5, 0.6) is 11.5 Å². The molecule has 0 amide bonds. The van der Waals surface area contributed by atoms with Crippen LogP contribution in [0.25, 0.3) is 0 Å². The molecule has 1 atom stereocenters. The van der Waals surface area contributed by atoms with E-state index in [4.69, 9.17) is 9.47 Å². The Morgan fingerprint density at radius 1 is 0.912 bits per heavy atom. The van der Waals surface area contributed by atoms with Crippen molar-refractivity contribution in [3.8, 4) is 11.5 Å². The van der Waals surface area contributed by atoms with E-state index in [2.05, 4.69) is 66.4 Å². The third-order valence-corrected chi connectivity index (χ3v) is 6.97. The third-order valence-electron chi connectivity index (χ3n) is 6.97. The smallest absolute Gasteiger partial charge is 0.173 e. The van der Waals surface area contributed by atoms with Crippen LogP contribution in [0, 0.1) is 0 Å². The molecule has 34 heavy (non-hydrogen) atoms. The van der Waals surface area contributed by atoms with Crippen molar-refractivity contribution in [2.45, 2.75) is 37.8 Å². The van der Waals surface area contributed by atoms with Gasteiger partial charge in [0.25, 0.3) is 0 Å². The van der Waals surface area contributed by atoms with Gasteiger partial charge in [-0.05, 0) is 53.6 Å². The molecule has 1 aliphatic heterocycles. The van der Waals surface area contributed by atoms with Crippen molar-refractivity contribution in [2.75, 3.05) is 45.3 Å². The molecule has 0 radical (unpaired) electrons. The van der Waals surface area contributed by atoms with Gasteiger partial charge in [0.05, 0.1) is 20.3 Å². The van der Waals surface area contributed by atoms with E-state index in [-0.39, 0.29) is 18.4 Å². The SMILES string of the molecule is COc1ccc(OC)c(C(c2nnnn2C2CCCC2)N2CCN(c3ccccc3)CC2)c1.Cl. The maximum atomic E-state index is 5.80. The van der Waals surface area contributed by atoms with E-state index < -0.39 is 0 Å². The molecule has 1 saturated heterocycles. The maximum absolute atomic E-state index is 5.80. The Bertz CT molecular complexity index is 1050. The zero-order valence-electron chi connectivity index (χ0n) is 19.8. The fraction of sp³-hybridized carbons (Fsp3) is 0.480. The Morgan fingerprint density at radius 2 is 1.65 bits per heavy atom. The zero-order chi connectivity index (χ0) is 22.6. The first-order valence-corrected chi connectivity index (χ1v) is 11.8. The molecule has 182 valence electrons. The lowest BCUT2D eigenvalue weighted by Gasteiger charge is -2.40. The van der Waals surface area contributed by atoms with E-state index in [0.717, 1.165) is 61.9 Å². The standard InChI is InChI=1S/C25H32N6O2.ClH/c1-32-21-12-13-23(33-2)22(18-21)24(25-26-27-28-31(25)20-10-6-7-11-20)30-16-14-29(15-17-30)19-8-4-3-5-9-19;/h3-5,8-9,12-13,18,20,24H,6-7,10-11,14-17H2,1-2H3;1H. The van der Waals surface area contributed by atoms with Crippen LogP contribution in [0.15, 0.2) is 48.5 Å². The van der Waals surface area contributed by atoms with Crippen LogP contribution < -0.4 is 14.4 Å². The number of tetrazole rings is 1. The van der Waals surface area contributed by atoms with Crippen molar-refractivity contribution in [1.29, 1.82) is 0 Å². The Labute approximate surface area is 207 Å². The van der Waals surface area contributed by atoms with Gasteiger partial charge in [0.15, 0.2) is 5.82 Å². The Morgan fingerprint density at radius 3 is 2.32 bits per heavy atom. The third kappa shape index (κ3) is 4.83. The normalized spacial score (nSPS) is 17.9. The molecule has 2 aliphatic rings. The number of benzene rings is 2. The summed E-state index contributed by atoms with van der Waals surface area (Å²) in [6.07, 6.45) is 4.71. The number of aromatic nitrogens is 4. The Kier molecular flexibility index (Phi) is 7.90. The topological polar surface area (TPSA) is 68.5 Å². The Balaban J connectivity index is 0.00000274. The van der Waals surface area contributed by atoms with Gasteiger partial charge in [-0.2, -0.15) is 0 Å². The van der Waals surface area contributed by atoms with Gasteiger partial charge in [0.2, 0.25) is 0 Å².